The van der Waals surface area contributed by atoms with E-state index in [1.807, 2.05) is 30.3 Å². The van der Waals surface area contributed by atoms with Gasteiger partial charge in [-0.15, -0.1) is 0 Å². The Morgan fingerprint density at radius 2 is 1.59 bits per heavy atom. The van der Waals surface area contributed by atoms with Crippen LogP contribution in [0.3, 0.4) is 0 Å². The van der Waals surface area contributed by atoms with Gasteiger partial charge in [0, 0.05) is 16.7 Å². The molecule has 1 aliphatic carbocycles. The van der Waals surface area contributed by atoms with E-state index < -0.39 is 0 Å². The van der Waals surface area contributed by atoms with Crippen LogP contribution in [0.25, 0.3) is 16.9 Å². The van der Waals surface area contributed by atoms with Gasteiger partial charge in [0.15, 0.2) is 5.78 Å². The van der Waals surface area contributed by atoms with E-state index in [0.717, 1.165) is 16.7 Å². The lowest BCUT2D eigenvalue weighted by Crippen LogP contribution is -1.95. The smallest absolute Gasteiger partial charge is 0.194 e. The van der Waals surface area contributed by atoms with Crippen LogP contribution in [-0.2, 0) is 0 Å². The van der Waals surface area contributed by atoms with Gasteiger partial charge in [-0.05, 0) is 17.2 Å². The zero-order chi connectivity index (χ0) is 12.0. The first kappa shape index (κ1) is 9.85. The molecule has 0 bridgehead atoms. The summed E-state index contributed by atoms with van der Waals surface area (Å²) in [5, 5.41) is 9.35. The van der Waals surface area contributed by atoms with Gasteiger partial charge >= 0.3 is 0 Å². The SMILES string of the molecule is C=C(O)c1ccc2c(c1)C(=O)c1ccccc1-2. The second-order valence-corrected chi connectivity index (χ2v) is 4.08. The minimum absolute atomic E-state index is 0.0127. The van der Waals surface area contributed by atoms with Crippen LogP contribution in [0.15, 0.2) is 49.0 Å². The van der Waals surface area contributed by atoms with Crippen molar-refractivity contribution in [2.45, 2.75) is 0 Å². The number of hydrogen-bond acceptors (Lipinski definition) is 2. The van der Waals surface area contributed by atoms with Crippen molar-refractivity contribution in [3.8, 4) is 11.1 Å². The van der Waals surface area contributed by atoms with Crippen molar-refractivity contribution >= 4 is 11.5 Å². The van der Waals surface area contributed by atoms with Crippen LogP contribution < -0.4 is 0 Å². The molecule has 82 valence electrons. The third-order valence-electron chi connectivity index (χ3n) is 3.06. The molecule has 2 nitrogen and oxygen atoms in total. The zero-order valence-corrected chi connectivity index (χ0v) is 9.10. The van der Waals surface area contributed by atoms with Crippen molar-refractivity contribution in [2.24, 2.45) is 0 Å². The average Bonchev–Trinajstić information content (AvgIpc) is 2.64. The molecule has 0 aromatic heterocycles. The highest BCUT2D eigenvalue weighted by atomic mass is 16.3. The molecule has 2 aromatic rings. The van der Waals surface area contributed by atoms with Crippen LogP contribution in [-0.4, -0.2) is 10.9 Å². The Hall–Kier alpha value is -2.35. The third kappa shape index (κ3) is 1.31. The number of fused-ring (bicyclic) bond motifs is 3. The normalized spacial score (nSPS) is 12.1. The van der Waals surface area contributed by atoms with Gasteiger partial charge in [-0.3, -0.25) is 4.79 Å². The van der Waals surface area contributed by atoms with Gasteiger partial charge in [0.1, 0.15) is 5.76 Å². The highest BCUT2D eigenvalue weighted by molar-refractivity contribution is 6.21. The fourth-order valence-electron chi connectivity index (χ4n) is 2.21. The highest BCUT2D eigenvalue weighted by Crippen LogP contribution is 2.37. The number of benzene rings is 2. The minimum Gasteiger partial charge on any atom is -0.508 e. The molecule has 0 radical (unpaired) electrons. The maximum absolute atomic E-state index is 12.2. The molecular weight excluding hydrogens is 212 g/mol. The van der Waals surface area contributed by atoms with Gasteiger partial charge in [-0.1, -0.05) is 43.0 Å². The molecule has 0 spiro atoms. The first-order valence-corrected chi connectivity index (χ1v) is 5.35. The summed E-state index contributed by atoms with van der Waals surface area (Å²) in [5.74, 6) is -0.00439. The fourth-order valence-corrected chi connectivity index (χ4v) is 2.21. The highest BCUT2D eigenvalue weighted by Gasteiger charge is 2.26. The summed E-state index contributed by atoms with van der Waals surface area (Å²) in [7, 11) is 0. The number of carbonyl (C=O) groups is 1. The van der Waals surface area contributed by atoms with Crippen molar-refractivity contribution in [1.29, 1.82) is 0 Å². The molecule has 2 heteroatoms. The number of carbonyl (C=O) groups excluding carboxylic acids is 1. The van der Waals surface area contributed by atoms with Crippen molar-refractivity contribution in [1.82, 2.24) is 0 Å². The lowest BCUT2D eigenvalue weighted by Gasteiger charge is -2.02. The van der Waals surface area contributed by atoms with E-state index in [-0.39, 0.29) is 11.5 Å². The molecule has 1 N–H and O–H groups in total. The van der Waals surface area contributed by atoms with Crippen LogP contribution in [0.2, 0.25) is 0 Å². The summed E-state index contributed by atoms with van der Waals surface area (Å²) in [6.45, 7) is 3.47. The fraction of sp³-hybridized carbons (Fsp3) is 0. The Bertz CT molecular complexity index is 654. The van der Waals surface area contributed by atoms with Crippen molar-refractivity contribution in [3.63, 3.8) is 0 Å². The number of rotatable bonds is 1. The van der Waals surface area contributed by atoms with E-state index in [4.69, 9.17) is 0 Å². The predicted molar refractivity (Wildman–Crippen MR) is 67.0 cm³/mol. The molecule has 0 unspecified atom stereocenters. The molecule has 0 atom stereocenters. The summed E-state index contributed by atoms with van der Waals surface area (Å²) < 4.78 is 0. The largest absolute Gasteiger partial charge is 0.508 e. The number of ketones is 1. The minimum atomic E-state index is -0.0171. The van der Waals surface area contributed by atoms with Crippen LogP contribution in [0.5, 0.6) is 0 Å². The van der Waals surface area contributed by atoms with E-state index in [0.29, 0.717) is 11.1 Å². The molecule has 0 saturated carbocycles. The Morgan fingerprint density at radius 3 is 2.29 bits per heavy atom. The summed E-state index contributed by atoms with van der Waals surface area (Å²) in [4.78, 5) is 12.2. The zero-order valence-electron chi connectivity index (χ0n) is 9.10. The first-order valence-electron chi connectivity index (χ1n) is 5.35. The second kappa shape index (κ2) is 3.32. The lowest BCUT2D eigenvalue weighted by atomic mass is 10.0. The van der Waals surface area contributed by atoms with E-state index in [9.17, 15) is 9.90 Å². The second-order valence-electron chi connectivity index (χ2n) is 4.08. The molecule has 2 aromatic carbocycles. The van der Waals surface area contributed by atoms with E-state index in [2.05, 4.69) is 6.58 Å². The summed E-state index contributed by atoms with van der Waals surface area (Å²) in [6.07, 6.45) is 0. The predicted octanol–water partition coefficient (Wildman–Crippen LogP) is 3.43. The van der Waals surface area contributed by atoms with Gasteiger partial charge in [0.25, 0.3) is 0 Å². The Kier molecular flexibility index (Phi) is 1.92. The maximum Gasteiger partial charge on any atom is 0.194 e. The Labute approximate surface area is 98.8 Å². The summed E-state index contributed by atoms with van der Waals surface area (Å²) >= 11 is 0. The molecule has 0 amide bonds. The standard InChI is InChI=1S/C15H10O2/c1-9(16)10-6-7-12-11-4-2-3-5-13(11)15(17)14(12)8-10/h2-8,16H,1H2. The monoisotopic (exact) mass is 222 g/mol. The van der Waals surface area contributed by atoms with E-state index >= 15 is 0 Å². The maximum atomic E-state index is 12.2. The Morgan fingerprint density at radius 1 is 0.941 bits per heavy atom. The van der Waals surface area contributed by atoms with Gasteiger partial charge in [0.05, 0.1) is 0 Å². The average molecular weight is 222 g/mol. The molecule has 0 fully saturated rings. The van der Waals surface area contributed by atoms with Crippen LogP contribution in [0.1, 0.15) is 21.5 Å². The number of aliphatic hydroxyl groups is 1. The molecule has 3 rings (SSSR count). The third-order valence-corrected chi connectivity index (χ3v) is 3.06. The summed E-state index contributed by atoms with van der Waals surface area (Å²) in [6, 6.07) is 12.9. The number of hydrogen-bond donors (Lipinski definition) is 1. The van der Waals surface area contributed by atoms with Crippen molar-refractivity contribution < 1.29 is 9.90 Å². The van der Waals surface area contributed by atoms with Gasteiger partial charge in [-0.2, -0.15) is 0 Å². The molecular formula is C15H10O2. The molecule has 0 heterocycles. The van der Waals surface area contributed by atoms with Crippen LogP contribution in [0.4, 0.5) is 0 Å². The van der Waals surface area contributed by atoms with Gasteiger partial charge in [-0.25, -0.2) is 0 Å². The topological polar surface area (TPSA) is 37.3 Å². The van der Waals surface area contributed by atoms with E-state index in [1.165, 1.54) is 0 Å². The molecule has 0 aliphatic heterocycles. The first-order chi connectivity index (χ1) is 8.18. The van der Waals surface area contributed by atoms with Crippen LogP contribution >= 0.6 is 0 Å². The van der Waals surface area contributed by atoms with Crippen molar-refractivity contribution in [3.05, 3.63) is 65.7 Å². The van der Waals surface area contributed by atoms with Crippen molar-refractivity contribution in [2.75, 3.05) is 0 Å². The number of aliphatic hydroxyl groups excluding tert-OH is 1. The summed E-state index contributed by atoms with van der Waals surface area (Å²) in [5.41, 5.74) is 3.84. The van der Waals surface area contributed by atoms with E-state index in [1.54, 1.807) is 12.1 Å². The molecule has 0 saturated heterocycles. The quantitative estimate of drug-likeness (QED) is 0.640. The Balaban J connectivity index is 2.28. The van der Waals surface area contributed by atoms with Gasteiger partial charge < -0.3 is 5.11 Å². The molecule has 1 aliphatic rings. The lowest BCUT2D eigenvalue weighted by molar-refractivity contribution is 0.104. The van der Waals surface area contributed by atoms with Gasteiger partial charge in [0.2, 0.25) is 0 Å². The molecule has 17 heavy (non-hydrogen) atoms. The van der Waals surface area contributed by atoms with Crippen LogP contribution in [0, 0.1) is 0 Å².